The predicted molar refractivity (Wildman–Crippen MR) is 90.8 cm³/mol. The first-order valence-corrected chi connectivity index (χ1v) is 7.93. The Morgan fingerprint density at radius 1 is 1.24 bits per heavy atom. The quantitative estimate of drug-likeness (QED) is 0.897. The van der Waals surface area contributed by atoms with Gasteiger partial charge in [-0.2, -0.15) is 10.1 Å². The number of halogens is 3. The molecule has 0 aliphatic carbocycles. The van der Waals surface area contributed by atoms with Crippen molar-refractivity contribution in [2.24, 2.45) is 5.10 Å². The molecule has 1 atom stereocenters. The zero-order chi connectivity index (χ0) is 18.2. The second-order valence-electron chi connectivity index (χ2n) is 5.92. The van der Waals surface area contributed by atoms with E-state index in [2.05, 4.69) is 5.10 Å². The number of benzene rings is 2. The Labute approximate surface area is 148 Å². The summed E-state index contributed by atoms with van der Waals surface area (Å²) >= 11 is 5.86. The van der Waals surface area contributed by atoms with Gasteiger partial charge in [-0.1, -0.05) is 48.0 Å². The number of carbonyl (C=O) groups excluding carboxylic acids is 1. The minimum atomic E-state index is -3.58. The zero-order valence-corrected chi connectivity index (χ0v) is 14.0. The number of carbonyl (C=O) groups is 1. The van der Waals surface area contributed by atoms with Gasteiger partial charge < -0.3 is 5.11 Å². The molecular formula is C18H15ClF2N2O2. The first-order valence-electron chi connectivity index (χ1n) is 7.55. The molecule has 0 unspecified atom stereocenters. The van der Waals surface area contributed by atoms with Gasteiger partial charge >= 0.3 is 0 Å². The normalized spacial score (nSPS) is 20.5. The van der Waals surface area contributed by atoms with Gasteiger partial charge in [0.05, 0.1) is 5.71 Å². The molecule has 0 bridgehead atoms. The molecule has 130 valence electrons. The lowest BCUT2D eigenvalue weighted by atomic mass is 9.96. The molecule has 1 aliphatic heterocycles. The highest BCUT2D eigenvalue weighted by Crippen LogP contribution is 2.40. The lowest BCUT2D eigenvalue weighted by Gasteiger charge is -2.35. The second kappa shape index (κ2) is 6.20. The number of rotatable bonds is 3. The minimum Gasteiger partial charge on any atom is -0.364 e. The molecule has 1 N–H and O–H groups in total. The molecule has 7 heteroatoms. The molecule has 2 aromatic carbocycles. The van der Waals surface area contributed by atoms with Gasteiger partial charge in [0.1, 0.15) is 0 Å². The summed E-state index contributed by atoms with van der Waals surface area (Å²) in [6.45, 7) is 0.564. The molecule has 0 saturated carbocycles. The van der Waals surface area contributed by atoms with Crippen LogP contribution in [-0.2, 0) is 0 Å². The fraction of sp³-hybridized carbons (Fsp3) is 0.222. The number of hydrazone groups is 1. The number of hydrogen-bond acceptors (Lipinski definition) is 3. The molecular weight excluding hydrogens is 350 g/mol. The number of hydrogen-bond donors (Lipinski definition) is 1. The average molecular weight is 365 g/mol. The summed E-state index contributed by atoms with van der Waals surface area (Å²) in [4.78, 5) is 12.7. The Hall–Kier alpha value is -2.31. The summed E-state index contributed by atoms with van der Waals surface area (Å²) in [5, 5.41) is 15.4. The van der Waals surface area contributed by atoms with Crippen molar-refractivity contribution in [2.45, 2.75) is 25.0 Å². The van der Waals surface area contributed by atoms with Crippen LogP contribution in [0, 0.1) is 0 Å². The van der Waals surface area contributed by atoms with Gasteiger partial charge in [0.2, 0.25) is 5.72 Å². The van der Waals surface area contributed by atoms with Crippen LogP contribution in [-0.4, -0.2) is 33.4 Å². The molecule has 1 aliphatic rings. The van der Waals surface area contributed by atoms with E-state index in [0.29, 0.717) is 17.5 Å². The molecule has 0 fully saturated rings. The van der Waals surface area contributed by atoms with Gasteiger partial charge in [-0.3, -0.25) is 4.79 Å². The SMILES string of the molecule is CC(F)(F)[C@@]1(O)CC(c2ccccc2)=NN1C(=O)c1cccc(Cl)c1. The maximum Gasteiger partial charge on any atom is 0.294 e. The van der Waals surface area contributed by atoms with Gasteiger partial charge in [0, 0.05) is 23.9 Å². The molecule has 0 saturated heterocycles. The molecule has 25 heavy (non-hydrogen) atoms. The van der Waals surface area contributed by atoms with Gasteiger partial charge in [0.15, 0.2) is 0 Å². The molecule has 4 nitrogen and oxygen atoms in total. The minimum absolute atomic E-state index is 0.0632. The predicted octanol–water partition coefficient (Wildman–Crippen LogP) is 3.93. The van der Waals surface area contributed by atoms with Crippen LogP contribution in [0.15, 0.2) is 59.7 Å². The van der Waals surface area contributed by atoms with E-state index in [4.69, 9.17) is 11.6 Å². The summed E-state index contributed by atoms with van der Waals surface area (Å²) in [7, 11) is 0. The molecule has 1 amide bonds. The highest BCUT2D eigenvalue weighted by Gasteiger charge is 2.59. The molecule has 0 aromatic heterocycles. The first kappa shape index (κ1) is 17.5. The summed E-state index contributed by atoms with van der Waals surface area (Å²) < 4.78 is 28.3. The van der Waals surface area contributed by atoms with Crippen LogP contribution in [0.5, 0.6) is 0 Å². The van der Waals surface area contributed by atoms with E-state index in [1.807, 2.05) is 0 Å². The maximum absolute atomic E-state index is 14.2. The average Bonchev–Trinajstić information content (AvgIpc) is 2.94. The van der Waals surface area contributed by atoms with Crippen LogP contribution < -0.4 is 0 Å². The van der Waals surface area contributed by atoms with Crippen LogP contribution in [0.2, 0.25) is 5.02 Å². The van der Waals surface area contributed by atoms with E-state index >= 15 is 0 Å². The van der Waals surface area contributed by atoms with Gasteiger partial charge in [0.25, 0.3) is 11.8 Å². The van der Waals surface area contributed by atoms with Crippen LogP contribution >= 0.6 is 11.6 Å². The van der Waals surface area contributed by atoms with E-state index in [9.17, 15) is 18.7 Å². The monoisotopic (exact) mass is 364 g/mol. The first-order chi connectivity index (χ1) is 11.7. The molecule has 1 heterocycles. The Morgan fingerprint density at radius 3 is 2.52 bits per heavy atom. The van der Waals surface area contributed by atoms with Crippen molar-refractivity contribution in [2.75, 3.05) is 0 Å². The van der Waals surface area contributed by atoms with Gasteiger partial charge in [-0.05, 0) is 23.8 Å². The van der Waals surface area contributed by atoms with Gasteiger partial charge in [-0.15, -0.1) is 0 Å². The third-order valence-electron chi connectivity index (χ3n) is 4.06. The molecule has 2 aromatic rings. The number of amides is 1. The number of alkyl halides is 2. The zero-order valence-electron chi connectivity index (χ0n) is 13.3. The second-order valence-corrected chi connectivity index (χ2v) is 6.36. The standard InChI is InChI=1S/C18H15ClF2N2O2/c1-17(20,21)18(25)11-15(12-6-3-2-4-7-12)22-23(18)16(24)13-8-5-9-14(19)10-13/h2-10,25H,11H2,1H3/t18-/m0/s1. The number of nitrogens with zero attached hydrogens (tertiary/aromatic N) is 2. The highest BCUT2D eigenvalue weighted by atomic mass is 35.5. The third kappa shape index (κ3) is 3.15. The Bertz CT molecular complexity index is 836. The molecule has 0 spiro atoms. The van der Waals surface area contributed by atoms with Crippen LogP contribution in [0.25, 0.3) is 0 Å². The number of aliphatic hydroxyl groups is 1. The third-order valence-corrected chi connectivity index (χ3v) is 4.29. The van der Waals surface area contributed by atoms with Crippen LogP contribution in [0.1, 0.15) is 29.3 Å². The van der Waals surface area contributed by atoms with Crippen molar-refractivity contribution < 1.29 is 18.7 Å². The van der Waals surface area contributed by atoms with Crippen molar-refractivity contribution in [1.29, 1.82) is 0 Å². The lowest BCUT2D eigenvalue weighted by Crippen LogP contribution is -2.57. The fourth-order valence-corrected chi connectivity index (χ4v) is 2.83. The highest BCUT2D eigenvalue weighted by molar-refractivity contribution is 6.31. The van der Waals surface area contributed by atoms with Crippen molar-refractivity contribution in [3.63, 3.8) is 0 Å². The Kier molecular flexibility index (Phi) is 4.34. The van der Waals surface area contributed by atoms with Crippen molar-refractivity contribution in [3.8, 4) is 0 Å². The Morgan fingerprint density at radius 2 is 1.92 bits per heavy atom. The molecule has 3 rings (SSSR count). The smallest absolute Gasteiger partial charge is 0.294 e. The van der Waals surface area contributed by atoms with Gasteiger partial charge in [-0.25, -0.2) is 8.78 Å². The van der Waals surface area contributed by atoms with Crippen molar-refractivity contribution >= 4 is 23.2 Å². The largest absolute Gasteiger partial charge is 0.364 e. The van der Waals surface area contributed by atoms with Crippen LogP contribution in [0.3, 0.4) is 0 Å². The maximum atomic E-state index is 14.2. The van der Waals surface area contributed by atoms with Crippen molar-refractivity contribution in [1.82, 2.24) is 5.01 Å². The summed E-state index contributed by atoms with van der Waals surface area (Å²) in [6, 6.07) is 14.4. The topological polar surface area (TPSA) is 52.9 Å². The van der Waals surface area contributed by atoms with E-state index in [-0.39, 0.29) is 16.3 Å². The van der Waals surface area contributed by atoms with Crippen LogP contribution in [0.4, 0.5) is 8.78 Å². The summed E-state index contributed by atoms with van der Waals surface area (Å²) in [5.41, 5.74) is -1.92. The fourth-order valence-electron chi connectivity index (χ4n) is 2.64. The van der Waals surface area contributed by atoms with E-state index in [1.165, 1.54) is 18.2 Å². The lowest BCUT2D eigenvalue weighted by molar-refractivity contribution is -0.222. The van der Waals surface area contributed by atoms with E-state index in [1.54, 1.807) is 36.4 Å². The summed E-state index contributed by atoms with van der Waals surface area (Å²) in [5.74, 6) is -4.43. The van der Waals surface area contributed by atoms with E-state index < -0.39 is 24.0 Å². The van der Waals surface area contributed by atoms with E-state index in [0.717, 1.165) is 0 Å². The summed E-state index contributed by atoms with van der Waals surface area (Å²) in [6.07, 6.45) is -0.479. The Balaban J connectivity index is 2.06. The molecule has 0 radical (unpaired) electrons. The van der Waals surface area contributed by atoms with Crippen molar-refractivity contribution in [3.05, 3.63) is 70.7 Å².